The SMILES string of the molecule is COc1ccc(C(=CC(=S)N2CCN(C(=O)c3cc(OC)c(OC)c(OC)c3)CC2)c2ccc(OC)cc2)cc1. The summed E-state index contributed by atoms with van der Waals surface area (Å²) < 4.78 is 26.9. The molecule has 40 heavy (non-hydrogen) atoms. The Labute approximate surface area is 240 Å². The number of hydrogen-bond donors (Lipinski definition) is 0. The molecule has 0 unspecified atom stereocenters. The Bertz CT molecular complexity index is 1290. The van der Waals surface area contributed by atoms with Crippen LogP contribution in [0.25, 0.3) is 5.57 Å². The van der Waals surface area contributed by atoms with Crippen molar-refractivity contribution >= 4 is 28.7 Å². The number of carbonyl (C=O) groups is 1. The molecule has 0 atom stereocenters. The minimum atomic E-state index is -0.0995. The van der Waals surface area contributed by atoms with Gasteiger partial charge in [-0.05, 0) is 59.2 Å². The number of nitrogens with zero attached hydrogens (tertiary/aromatic N) is 2. The van der Waals surface area contributed by atoms with Crippen LogP contribution in [-0.2, 0) is 0 Å². The third kappa shape index (κ3) is 6.31. The van der Waals surface area contributed by atoms with Crippen LogP contribution < -0.4 is 23.7 Å². The van der Waals surface area contributed by atoms with Crippen LogP contribution in [0.3, 0.4) is 0 Å². The van der Waals surface area contributed by atoms with E-state index in [1.165, 1.54) is 21.3 Å². The fourth-order valence-corrected chi connectivity index (χ4v) is 4.91. The highest BCUT2D eigenvalue weighted by Crippen LogP contribution is 2.38. The largest absolute Gasteiger partial charge is 0.497 e. The smallest absolute Gasteiger partial charge is 0.254 e. The zero-order chi connectivity index (χ0) is 28.6. The van der Waals surface area contributed by atoms with E-state index in [-0.39, 0.29) is 5.91 Å². The monoisotopic (exact) mass is 562 g/mol. The quantitative estimate of drug-likeness (QED) is 0.268. The second kappa shape index (κ2) is 13.2. The number of thiocarbonyl (C=S) groups is 1. The molecule has 8 nitrogen and oxygen atoms in total. The van der Waals surface area contributed by atoms with Crippen molar-refractivity contribution in [2.75, 3.05) is 61.7 Å². The molecular formula is C31H34N2O6S. The maximum atomic E-state index is 13.4. The number of methoxy groups -OCH3 is 5. The van der Waals surface area contributed by atoms with Gasteiger partial charge >= 0.3 is 0 Å². The Hall–Kier alpha value is -4.24. The molecule has 0 bridgehead atoms. The molecule has 0 N–H and O–H groups in total. The number of rotatable bonds is 9. The topological polar surface area (TPSA) is 69.7 Å². The zero-order valence-corrected chi connectivity index (χ0v) is 24.2. The molecule has 0 spiro atoms. The van der Waals surface area contributed by atoms with Gasteiger partial charge in [0.05, 0.1) is 35.5 Å². The minimum absolute atomic E-state index is 0.0995. The number of hydrogen-bond acceptors (Lipinski definition) is 7. The maximum absolute atomic E-state index is 13.4. The molecule has 1 heterocycles. The first-order valence-electron chi connectivity index (χ1n) is 12.8. The van der Waals surface area contributed by atoms with E-state index in [0.717, 1.165) is 28.2 Å². The van der Waals surface area contributed by atoms with Gasteiger partial charge in [-0.25, -0.2) is 0 Å². The van der Waals surface area contributed by atoms with Gasteiger partial charge in [0, 0.05) is 31.7 Å². The first-order chi connectivity index (χ1) is 19.4. The highest BCUT2D eigenvalue weighted by Gasteiger charge is 2.25. The van der Waals surface area contributed by atoms with E-state index >= 15 is 0 Å². The summed E-state index contributed by atoms with van der Waals surface area (Å²) in [7, 11) is 7.90. The van der Waals surface area contributed by atoms with Crippen LogP contribution in [0, 0.1) is 0 Å². The van der Waals surface area contributed by atoms with Crippen molar-refractivity contribution in [3.63, 3.8) is 0 Å². The Kier molecular flexibility index (Phi) is 9.50. The van der Waals surface area contributed by atoms with Gasteiger partial charge in [0.1, 0.15) is 16.5 Å². The van der Waals surface area contributed by atoms with Crippen LogP contribution in [-0.4, -0.2) is 82.4 Å². The fourth-order valence-electron chi connectivity index (χ4n) is 4.61. The lowest BCUT2D eigenvalue weighted by molar-refractivity contribution is 0.0693. The molecule has 1 aliphatic rings. The molecule has 0 aliphatic carbocycles. The number of ether oxygens (including phenoxy) is 5. The first-order valence-corrected chi connectivity index (χ1v) is 13.2. The Morgan fingerprint density at radius 2 is 1.10 bits per heavy atom. The average Bonchev–Trinajstić information content (AvgIpc) is 3.02. The van der Waals surface area contributed by atoms with Crippen molar-refractivity contribution in [3.05, 3.63) is 83.4 Å². The summed E-state index contributed by atoms with van der Waals surface area (Å²) in [6.07, 6.45) is 2.02. The summed E-state index contributed by atoms with van der Waals surface area (Å²) in [6, 6.07) is 19.2. The highest BCUT2D eigenvalue weighted by molar-refractivity contribution is 7.80. The highest BCUT2D eigenvalue weighted by atomic mass is 32.1. The average molecular weight is 563 g/mol. The van der Waals surface area contributed by atoms with Gasteiger partial charge in [0.15, 0.2) is 11.5 Å². The van der Waals surface area contributed by atoms with Crippen molar-refractivity contribution in [3.8, 4) is 28.7 Å². The van der Waals surface area contributed by atoms with Crippen LogP contribution in [0.1, 0.15) is 21.5 Å². The van der Waals surface area contributed by atoms with Crippen molar-refractivity contribution in [2.24, 2.45) is 0 Å². The van der Waals surface area contributed by atoms with Gasteiger partial charge in [-0.2, -0.15) is 0 Å². The summed E-state index contributed by atoms with van der Waals surface area (Å²) in [5.41, 5.74) is 3.51. The van der Waals surface area contributed by atoms with E-state index in [1.807, 2.05) is 59.5 Å². The van der Waals surface area contributed by atoms with Crippen LogP contribution in [0.2, 0.25) is 0 Å². The molecule has 4 rings (SSSR count). The van der Waals surface area contributed by atoms with Crippen molar-refractivity contribution in [2.45, 2.75) is 0 Å². The molecule has 1 aliphatic heterocycles. The lowest BCUT2D eigenvalue weighted by atomic mass is 9.97. The Morgan fingerprint density at radius 1 is 0.650 bits per heavy atom. The van der Waals surface area contributed by atoms with E-state index in [0.29, 0.717) is 54.0 Å². The fraction of sp³-hybridized carbons (Fsp3) is 0.290. The summed E-state index contributed by atoms with van der Waals surface area (Å²) in [4.78, 5) is 18.0. The lowest BCUT2D eigenvalue weighted by Gasteiger charge is -2.36. The lowest BCUT2D eigenvalue weighted by Crippen LogP contribution is -2.50. The summed E-state index contributed by atoms with van der Waals surface area (Å²) in [6.45, 7) is 2.29. The van der Waals surface area contributed by atoms with Gasteiger partial charge in [0.25, 0.3) is 5.91 Å². The summed E-state index contributed by atoms with van der Waals surface area (Å²) in [5.74, 6) is 2.81. The van der Waals surface area contributed by atoms with Gasteiger partial charge in [-0.1, -0.05) is 36.5 Å². The molecule has 0 aromatic heterocycles. The van der Waals surface area contributed by atoms with Gasteiger partial charge in [0.2, 0.25) is 5.75 Å². The standard InChI is InChI=1S/C31H34N2O6S/c1-35-24-10-6-21(7-11-24)26(22-8-12-25(36-2)13-9-22)20-29(40)32-14-16-33(17-15-32)31(34)23-18-27(37-3)30(39-5)28(19-23)38-4/h6-13,18-20H,14-17H2,1-5H3. The maximum Gasteiger partial charge on any atom is 0.254 e. The van der Waals surface area contributed by atoms with Gasteiger partial charge in [-0.15, -0.1) is 0 Å². The van der Waals surface area contributed by atoms with Crippen molar-refractivity contribution < 1.29 is 28.5 Å². The molecule has 3 aromatic carbocycles. The third-order valence-electron chi connectivity index (χ3n) is 6.86. The van der Waals surface area contributed by atoms with E-state index in [9.17, 15) is 4.79 Å². The predicted octanol–water partition coefficient (Wildman–Crippen LogP) is 4.95. The summed E-state index contributed by atoms with van der Waals surface area (Å²) in [5, 5.41) is 0. The van der Waals surface area contributed by atoms with E-state index in [4.69, 9.17) is 35.9 Å². The molecule has 210 valence electrons. The number of amides is 1. The molecule has 1 saturated heterocycles. The molecule has 1 fully saturated rings. The molecule has 0 saturated carbocycles. The van der Waals surface area contributed by atoms with Crippen LogP contribution >= 0.6 is 12.2 Å². The zero-order valence-electron chi connectivity index (χ0n) is 23.4. The Balaban J connectivity index is 1.52. The second-order valence-corrected chi connectivity index (χ2v) is 9.46. The van der Waals surface area contributed by atoms with Crippen LogP contribution in [0.5, 0.6) is 28.7 Å². The molecule has 9 heteroatoms. The van der Waals surface area contributed by atoms with Gasteiger partial charge in [-0.3, -0.25) is 4.79 Å². The normalized spacial score (nSPS) is 12.8. The molecular weight excluding hydrogens is 528 g/mol. The van der Waals surface area contributed by atoms with E-state index < -0.39 is 0 Å². The van der Waals surface area contributed by atoms with Gasteiger partial charge < -0.3 is 33.5 Å². The molecule has 0 radical (unpaired) electrons. The first kappa shape index (κ1) is 28.8. The molecule has 3 aromatic rings. The number of piperazine rings is 1. The third-order valence-corrected chi connectivity index (χ3v) is 7.24. The van der Waals surface area contributed by atoms with Crippen molar-refractivity contribution in [1.82, 2.24) is 9.80 Å². The van der Waals surface area contributed by atoms with Crippen LogP contribution in [0.4, 0.5) is 0 Å². The molecule has 1 amide bonds. The Morgan fingerprint density at radius 3 is 1.50 bits per heavy atom. The number of benzene rings is 3. The predicted molar refractivity (Wildman–Crippen MR) is 159 cm³/mol. The van der Waals surface area contributed by atoms with E-state index in [2.05, 4.69) is 4.90 Å². The second-order valence-electron chi connectivity index (χ2n) is 9.05. The van der Waals surface area contributed by atoms with E-state index in [1.54, 1.807) is 26.4 Å². The minimum Gasteiger partial charge on any atom is -0.497 e. The summed E-state index contributed by atoms with van der Waals surface area (Å²) >= 11 is 5.89. The van der Waals surface area contributed by atoms with Crippen molar-refractivity contribution in [1.29, 1.82) is 0 Å². The number of carbonyl (C=O) groups excluding carboxylic acids is 1. The van der Waals surface area contributed by atoms with Crippen LogP contribution in [0.15, 0.2) is 66.7 Å².